The molecule has 0 saturated heterocycles. The second-order valence-electron chi connectivity index (χ2n) is 5.59. The molecule has 0 bridgehead atoms. The van der Waals surface area contributed by atoms with Gasteiger partial charge in [0.05, 0.1) is 12.2 Å². The molecule has 0 saturated carbocycles. The molecule has 0 radical (unpaired) electrons. The maximum absolute atomic E-state index is 12.2. The van der Waals surface area contributed by atoms with Gasteiger partial charge in [-0.1, -0.05) is 12.1 Å². The maximum Gasteiger partial charge on any atom is 0.238 e. The van der Waals surface area contributed by atoms with Gasteiger partial charge < -0.3 is 5.32 Å². The Bertz CT molecular complexity index is 642. The van der Waals surface area contributed by atoms with Crippen LogP contribution in [0.1, 0.15) is 29.8 Å². The monoisotopic (exact) mass is 298 g/mol. The Morgan fingerprint density at radius 2 is 2.09 bits per heavy atom. The maximum atomic E-state index is 12.2. The van der Waals surface area contributed by atoms with Gasteiger partial charge in [-0.05, 0) is 51.1 Å². The number of anilines is 1. The Kier molecular flexibility index (Phi) is 5.22. The Morgan fingerprint density at radius 3 is 2.77 bits per heavy atom. The predicted molar refractivity (Wildman–Crippen MR) is 87.6 cm³/mol. The van der Waals surface area contributed by atoms with Crippen LogP contribution in [-0.4, -0.2) is 34.4 Å². The second kappa shape index (κ2) is 7.13. The van der Waals surface area contributed by atoms with E-state index in [9.17, 15) is 4.79 Å². The van der Waals surface area contributed by atoms with Gasteiger partial charge in [0.15, 0.2) is 0 Å². The smallest absolute Gasteiger partial charge is 0.238 e. The number of aryl methyl sites for hydroxylation is 2. The van der Waals surface area contributed by atoms with Gasteiger partial charge in [-0.15, -0.1) is 0 Å². The average Bonchev–Trinajstić information content (AvgIpc) is 2.51. The number of carbonyl (C=O) groups excluding carboxylic acids is 1. The van der Waals surface area contributed by atoms with Gasteiger partial charge in [0.1, 0.15) is 6.33 Å². The highest BCUT2D eigenvalue weighted by atomic mass is 16.2. The van der Waals surface area contributed by atoms with Crippen LogP contribution in [0.3, 0.4) is 0 Å². The molecule has 22 heavy (non-hydrogen) atoms. The van der Waals surface area contributed by atoms with Crippen LogP contribution >= 0.6 is 0 Å². The van der Waals surface area contributed by atoms with E-state index in [1.54, 1.807) is 6.20 Å². The van der Waals surface area contributed by atoms with E-state index in [0.29, 0.717) is 6.54 Å². The molecule has 2 aromatic rings. The van der Waals surface area contributed by atoms with Crippen LogP contribution in [0, 0.1) is 13.8 Å². The number of benzene rings is 1. The summed E-state index contributed by atoms with van der Waals surface area (Å²) in [4.78, 5) is 22.3. The summed E-state index contributed by atoms with van der Waals surface area (Å²) >= 11 is 0. The largest absolute Gasteiger partial charge is 0.325 e. The standard InChI is InChI=1S/C17H22N4O/c1-12-5-6-13(2)16(9-12)20-17(22)10-21(4)14(3)15-7-8-18-11-19-15/h5-9,11,14H,10H2,1-4H3,(H,20,22)/t14-/m0/s1. The Balaban J connectivity index is 1.98. The summed E-state index contributed by atoms with van der Waals surface area (Å²) in [6.45, 7) is 6.33. The highest BCUT2D eigenvalue weighted by Gasteiger charge is 2.16. The molecule has 0 fully saturated rings. The summed E-state index contributed by atoms with van der Waals surface area (Å²) in [5.41, 5.74) is 3.96. The van der Waals surface area contributed by atoms with Gasteiger partial charge in [-0.25, -0.2) is 9.97 Å². The van der Waals surface area contributed by atoms with Crippen LogP contribution in [0.15, 0.2) is 36.8 Å². The number of nitrogens with zero attached hydrogens (tertiary/aromatic N) is 3. The van der Waals surface area contributed by atoms with Gasteiger partial charge in [-0.2, -0.15) is 0 Å². The first-order valence-corrected chi connectivity index (χ1v) is 7.30. The van der Waals surface area contributed by atoms with Crippen LogP contribution in [0.5, 0.6) is 0 Å². The zero-order valence-electron chi connectivity index (χ0n) is 13.5. The number of carbonyl (C=O) groups is 1. The van der Waals surface area contributed by atoms with Crippen molar-refractivity contribution >= 4 is 11.6 Å². The van der Waals surface area contributed by atoms with Gasteiger partial charge >= 0.3 is 0 Å². The number of nitrogens with one attached hydrogen (secondary N) is 1. The number of amides is 1. The summed E-state index contributed by atoms with van der Waals surface area (Å²) < 4.78 is 0. The molecule has 0 aliphatic rings. The van der Waals surface area contributed by atoms with E-state index < -0.39 is 0 Å². The lowest BCUT2D eigenvalue weighted by Crippen LogP contribution is -2.32. The zero-order valence-corrected chi connectivity index (χ0v) is 13.5. The Labute approximate surface area is 131 Å². The highest BCUT2D eigenvalue weighted by Crippen LogP contribution is 2.18. The number of hydrogen-bond acceptors (Lipinski definition) is 4. The SMILES string of the molecule is Cc1ccc(C)c(NC(=O)CN(C)[C@@H](C)c2ccncn2)c1. The van der Waals surface area contributed by atoms with Crippen molar-refractivity contribution in [2.24, 2.45) is 0 Å². The first-order chi connectivity index (χ1) is 10.5. The van der Waals surface area contributed by atoms with Gasteiger partial charge in [0, 0.05) is 17.9 Å². The first-order valence-electron chi connectivity index (χ1n) is 7.30. The average molecular weight is 298 g/mol. The highest BCUT2D eigenvalue weighted by molar-refractivity contribution is 5.93. The summed E-state index contributed by atoms with van der Waals surface area (Å²) in [6, 6.07) is 7.95. The number of hydrogen-bond donors (Lipinski definition) is 1. The van der Waals surface area contributed by atoms with Crippen molar-refractivity contribution in [3.63, 3.8) is 0 Å². The van der Waals surface area contributed by atoms with E-state index in [2.05, 4.69) is 15.3 Å². The van der Waals surface area contributed by atoms with Gasteiger partial charge in [0.25, 0.3) is 0 Å². The molecule has 0 spiro atoms. The van der Waals surface area contributed by atoms with Crippen LogP contribution in [-0.2, 0) is 4.79 Å². The summed E-state index contributed by atoms with van der Waals surface area (Å²) in [5, 5.41) is 2.97. The Hall–Kier alpha value is -2.27. The molecule has 0 unspecified atom stereocenters. The minimum Gasteiger partial charge on any atom is -0.325 e. The first kappa shape index (κ1) is 16.1. The molecule has 1 aromatic heterocycles. The third-order valence-corrected chi connectivity index (χ3v) is 3.75. The molecule has 0 aliphatic carbocycles. The molecular formula is C17H22N4O. The van der Waals surface area contributed by atoms with Crippen molar-refractivity contribution < 1.29 is 4.79 Å². The number of rotatable bonds is 5. The topological polar surface area (TPSA) is 58.1 Å². The van der Waals surface area contributed by atoms with Crippen LogP contribution in [0.2, 0.25) is 0 Å². The van der Waals surface area contributed by atoms with E-state index in [1.165, 1.54) is 6.33 Å². The lowest BCUT2D eigenvalue weighted by molar-refractivity contribution is -0.117. The fourth-order valence-electron chi connectivity index (χ4n) is 2.20. The molecule has 0 aliphatic heterocycles. The van der Waals surface area contributed by atoms with Crippen molar-refractivity contribution in [2.45, 2.75) is 26.8 Å². The van der Waals surface area contributed by atoms with Crippen LogP contribution in [0.25, 0.3) is 0 Å². The van der Waals surface area contributed by atoms with Crippen molar-refractivity contribution in [1.29, 1.82) is 0 Å². The molecule has 1 amide bonds. The zero-order chi connectivity index (χ0) is 16.1. The molecule has 2 rings (SSSR count). The molecule has 1 N–H and O–H groups in total. The molecular weight excluding hydrogens is 276 g/mol. The second-order valence-corrected chi connectivity index (χ2v) is 5.59. The summed E-state index contributed by atoms with van der Waals surface area (Å²) in [5.74, 6) is -0.0305. The number of aromatic nitrogens is 2. The van der Waals surface area contributed by atoms with Crippen molar-refractivity contribution in [3.05, 3.63) is 53.6 Å². The molecule has 1 heterocycles. The van der Waals surface area contributed by atoms with Gasteiger partial charge in [0.2, 0.25) is 5.91 Å². The predicted octanol–water partition coefficient (Wildman–Crippen LogP) is 2.72. The van der Waals surface area contributed by atoms with E-state index in [1.807, 2.05) is 57.0 Å². The minimum atomic E-state index is -0.0305. The molecule has 1 aromatic carbocycles. The van der Waals surface area contributed by atoms with E-state index in [-0.39, 0.29) is 11.9 Å². The quantitative estimate of drug-likeness (QED) is 0.922. The lowest BCUT2D eigenvalue weighted by Gasteiger charge is -2.23. The van der Waals surface area contributed by atoms with Crippen LogP contribution < -0.4 is 5.32 Å². The normalized spacial score (nSPS) is 12.2. The fraction of sp³-hybridized carbons (Fsp3) is 0.353. The molecule has 5 nitrogen and oxygen atoms in total. The fourth-order valence-corrected chi connectivity index (χ4v) is 2.20. The molecule has 1 atom stereocenters. The summed E-state index contributed by atoms with van der Waals surface area (Å²) in [7, 11) is 1.91. The van der Waals surface area contributed by atoms with Crippen LogP contribution in [0.4, 0.5) is 5.69 Å². The summed E-state index contributed by atoms with van der Waals surface area (Å²) in [6.07, 6.45) is 3.23. The number of likely N-dealkylation sites (N-methyl/N-ethyl adjacent to an activating group) is 1. The Morgan fingerprint density at radius 1 is 1.32 bits per heavy atom. The van der Waals surface area contributed by atoms with E-state index in [4.69, 9.17) is 0 Å². The molecule has 116 valence electrons. The van der Waals surface area contributed by atoms with Crippen molar-refractivity contribution in [1.82, 2.24) is 14.9 Å². The van der Waals surface area contributed by atoms with E-state index >= 15 is 0 Å². The third-order valence-electron chi connectivity index (χ3n) is 3.75. The minimum absolute atomic E-state index is 0.0305. The third kappa shape index (κ3) is 4.11. The lowest BCUT2D eigenvalue weighted by atomic mass is 10.1. The van der Waals surface area contributed by atoms with E-state index in [0.717, 1.165) is 22.5 Å². The van der Waals surface area contributed by atoms with Crippen molar-refractivity contribution in [3.8, 4) is 0 Å². The molecule has 5 heteroatoms. The van der Waals surface area contributed by atoms with Gasteiger partial charge in [-0.3, -0.25) is 9.69 Å². The van der Waals surface area contributed by atoms with Crippen molar-refractivity contribution in [2.75, 3.05) is 18.9 Å².